The van der Waals surface area contributed by atoms with Gasteiger partial charge in [0.1, 0.15) is 0 Å². The summed E-state index contributed by atoms with van der Waals surface area (Å²) in [5.41, 5.74) is 0. The summed E-state index contributed by atoms with van der Waals surface area (Å²) in [6.45, 7) is 4.59. The average molecular weight is 192 g/mol. The van der Waals surface area contributed by atoms with E-state index in [9.17, 15) is 0 Å². The largest absolute Gasteiger partial charge is 0.403 e. The Bertz CT molecular complexity index is 144. The molecule has 64 valence electrons. The SMILES string of the molecule is CCO[Si](C)(Cl)CCCC#N. The van der Waals surface area contributed by atoms with Crippen LogP contribution in [0, 0.1) is 11.3 Å². The van der Waals surface area contributed by atoms with Crippen molar-refractivity contribution in [1.82, 2.24) is 0 Å². The minimum absolute atomic E-state index is 0.586. The van der Waals surface area contributed by atoms with Crippen LogP contribution in [0.15, 0.2) is 0 Å². The van der Waals surface area contributed by atoms with E-state index in [-0.39, 0.29) is 0 Å². The van der Waals surface area contributed by atoms with Gasteiger partial charge in [0.2, 0.25) is 0 Å². The number of hydrogen-bond donors (Lipinski definition) is 0. The van der Waals surface area contributed by atoms with Crippen LogP contribution in [0.5, 0.6) is 0 Å². The Morgan fingerprint density at radius 1 is 1.64 bits per heavy atom. The van der Waals surface area contributed by atoms with Crippen LogP contribution < -0.4 is 0 Å². The predicted molar refractivity (Wildman–Crippen MR) is 48.8 cm³/mol. The van der Waals surface area contributed by atoms with Gasteiger partial charge in [-0.1, -0.05) is 0 Å². The fraction of sp³-hybridized carbons (Fsp3) is 0.857. The molecule has 0 heterocycles. The summed E-state index contributed by atoms with van der Waals surface area (Å²) in [6.07, 6.45) is 1.45. The number of hydrogen-bond acceptors (Lipinski definition) is 2. The molecule has 0 aromatic heterocycles. The van der Waals surface area contributed by atoms with Gasteiger partial charge in [-0.3, -0.25) is 0 Å². The molecule has 4 heteroatoms. The zero-order valence-corrected chi connectivity index (χ0v) is 8.82. The first-order valence-electron chi connectivity index (χ1n) is 3.82. The zero-order valence-electron chi connectivity index (χ0n) is 7.06. The maximum Gasteiger partial charge on any atom is 0.287 e. The van der Waals surface area contributed by atoms with E-state index in [2.05, 4.69) is 6.07 Å². The molecule has 0 amide bonds. The molecule has 1 atom stereocenters. The van der Waals surface area contributed by atoms with Gasteiger partial charge in [-0.2, -0.15) is 5.26 Å². The maximum absolute atomic E-state index is 8.27. The Hall–Kier alpha value is -0.0431. The van der Waals surface area contributed by atoms with Gasteiger partial charge in [-0.25, -0.2) is 0 Å². The van der Waals surface area contributed by atoms with Gasteiger partial charge in [0.25, 0.3) is 7.63 Å². The monoisotopic (exact) mass is 191 g/mol. The Morgan fingerprint density at radius 3 is 2.73 bits per heavy atom. The smallest absolute Gasteiger partial charge is 0.287 e. The summed E-state index contributed by atoms with van der Waals surface area (Å²) in [7, 11) is -1.92. The highest BCUT2D eigenvalue weighted by atomic mass is 35.6. The zero-order chi connectivity index (χ0) is 8.74. The van der Waals surface area contributed by atoms with Crippen molar-refractivity contribution in [2.75, 3.05) is 6.61 Å². The lowest BCUT2D eigenvalue weighted by Crippen LogP contribution is -2.26. The third kappa shape index (κ3) is 6.36. The van der Waals surface area contributed by atoms with Crippen molar-refractivity contribution in [3.05, 3.63) is 0 Å². The molecule has 0 saturated heterocycles. The van der Waals surface area contributed by atoms with Gasteiger partial charge in [-0.15, -0.1) is 11.1 Å². The van der Waals surface area contributed by atoms with E-state index in [4.69, 9.17) is 20.8 Å². The van der Waals surface area contributed by atoms with Crippen molar-refractivity contribution in [3.63, 3.8) is 0 Å². The van der Waals surface area contributed by atoms with Crippen molar-refractivity contribution in [2.45, 2.75) is 32.4 Å². The van der Waals surface area contributed by atoms with Crippen LogP contribution in [0.1, 0.15) is 19.8 Å². The first kappa shape index (κ1) is 11.0. The quantitative estimate of drug-likeness (QED) is 0.380. The number of nitrogens with zero attached hydrogens (tertiary/aromatic N) is 1. The molecule has 0 fully saturated rings. The first-order valence-corrected chi connectivity index (χ1v) is 7.45. The summed E-state index contributed by atoms with van der Waals surface area (Å²) in [5.74, 6) is 0. The molecule has 2 nitrogen and oxygen atoms in total. The lowest BCUT2D eigenvalue weighted by Gasteiger charge is -2.17. The molecule has 0 aromatic carbocycles. The Morgan fingerprint density at radius 2 is 2.27 bits per heavy atom. The van der Waals surface area contributed by atoms with Crippen LogP contribution in [-0.2, 0) is 4.43 Å². The molecule has 0 aliphatic rings. The predicted octanol–water partition coefficient (Wildman–Crippen LogP) is 2.64. The topological polar surface area (TPSA) is 33.0 Å². The minimum atomic E-state index is -1.92. The fourth-order valence-corrected chi connectivity index (χ4v) is 3.14. The van der Waals surface area contributed by atoms with E-state index < -0.39 is 7.63 Å². The van der Waals surface area contributed by atoms with E-state index in [0.717, 1.165) is 12.5 Å². The summed E-state index contributed by atoms with van der Waals surface area (Å²) < 4.78 is 5.37. The number of unbranched alkanes of at least 4 members (excludes halogenated alkanes) is 1. The standard InChI is InChI=1S/C7H14ClNOSi/c1-3-10-11(2,8)7-5-4-6-9/h3-5,7H2,1-2H3. The molecule has 0 bridgehead atoms. The van der Waals surface area contributed by atoms with Crippen molar-refractivity contribution >= 4 is 18.7 Å². The van der Waals surface area contributed by atoms with Crippen molar-refractivity contribution in [3.8, 4) is 6.07 Å². The van der Waals surface area contributed by atoms with Crippen LogP contribution >= 0.6 is 11.1 Å². The lowest BCUT2D eigenvalue weighted by molar-refractivity contribution is 0.338. The van der Waals surface area contributed by atoms with E-state index in [1.807, 2.05) is 13.5 Å². The van der Waals surface area contributed by atoms with Crippen molar-refractivity contribution < 1.29 is 4.43 Å². The summed E-state index contributed by atoms with van der Waals surface area (Å²) >= 11 is 6.08. The highest BCUT2D eigenvalue weighted by molar-refractivity contribution is 7.16. The van der Waals surface area contributed by atoms with Gasteiger partial charge in [0.05, 0.1) is 6.07 Å². The average Bonchev–Trinajstić information content (AvgIpc) is 1.87. The summed E-state index contributed by atoms with van der Waals surface area (Å²) in [4.78, 5) is 0. The van der Waals surface area contributed by atoms with Gasteiger partial charge < -0.3 is 4.43 Å². The van der Waals surface area contributed by atoms with Gasteiger partial charge >= 0.3 is 0 Å². The number of rotatable bonds is 5. The molecule has 0 aliphatic carbocycles. The van der Waals surface area contributed by atoms with E-state index >= 15 is 0 Å². The molecule has 1 unspecified atom stereocenters. The summed E-state index contributed by atoms with van der Waals surface area (Å²) in [6, 6.07) is 2.96. The number of nitriles is 1. The van der Waals surface area contributed by atoms with Crippen LogP contribution in [0.4, 0.5) is 0 Å². The van der Waals surface area contributed by atoms with E-state index in [1.165, 1.54) is 0 Å². The summed E-state index contributed by atoms with van der Waals surface area (Å²) in [5, 5.41) is 8.27. The Balaban J connectivity index is 3.48. The second-order valence-corrected chi connectivity index (χ2v) is 7.94. The van der Waals surface area contributed by atoms with E-state index in [1.54, 1.807) is 0 Å². The Kier molecular flexibility index (Phi) is 5.57. The molecule has 0 radical (unpaired) electrons. The van der Waals surface area contributed by atoms with Crippen LogP contribution in [0.3, 0.4) is 0 Å². The lowest BCUT2D eigenvalue weighted by atomic mass is 10.4. The second-order valence-electron chi connectivity index (χ2n) is 2.55. The second kappa shape index (κ2) is 5.59. The van der Waals surface area contributed by atoms with Crippen molar-refractivity contribution in [1.29, 1.82) is 5.26 Å². The highest BCUT2D eigenvalue weighted by Crippen LogP contribution is 2.19. The van der Waals surface area contributed by atoms with Crippen LogP contribution in [0.2, 0.25) is 12.6 Å². The maximum atomic E-state index is 8.27. The minimum Gasteiger partial charge on any atom is -0.403 e. The van der Waals surface area contributed by atoms with Gasteiger partial charge in [0.15, 0.2) is 0 Å². The molecule has 0 N–H and O–H groups in total. The third-order valence-corrected chi connectivity index (χ3v) is 4.39. The molecule has 0 rings (SSSR count). The third-order valence-electron chi connectivity index (χ3n) is 1.36. The van der Waals surface area contributed by atoms with E-state index in [0.29, 0.717) is 13.0 Å². The molecule has 0 spiro atoms. The van der Waals surface area contributed by atoms with Crippen LogP contribution in [-0.4, -0.2) is 14.2 Å². The number of halogens is 1. The van der Waals surface area contributed by atoms with Crippen LogP contribution in [0.25, 0.3) is 0 Å². The van der Waals surface area contributed by atoms with Crippen molar-refractivity contribution in [2.24, 2.45) is 0 Å². The Labute approximate surface area is 73.9 Å². The first-order chi connectivity index (χ1) is 5.12. The molecular formula is C7H14ClNOSi. The highest BCUT2D eigenvalue weighted by Gasteiger charge is 2.24. The molecule has 0 aromatic rings. The molecule has 0 saturated carbocycles. The van der Waals surface area contributed by atoms with Gasteiger partial charge in [0, 0.05) is 13.0 Å². The molecular weight excluding hydrogens is 178 g/mol. The fourth-order valence-electron chi connectivity index (χ4n) is 0.856. The van der Waals surface area contributed by atoms with Gasteiger partial charge in [-0.05, 0) is 25.9 Å². The normalized spacial score (nSPS) is 15.5. The molecule has 0 aliphatic heterocycles. The molecule has 11 heavy (non-hydrogen) atoms.